The van der Waals surface area contributed by atoms with E-state index in [2.05, 4.69) is 5.32 Å². The third kappa shape index (κ3) is 3.72. The van der Waals surface area contributed by atoms with Crippen LogP contribution in [0.5, 0.6) is 0 Å². The van der Waals surface area contributed by atoms with E-state index < -0.39 is 0 Å². The van der Waals surface area contributed by atoms with E-state index in [9.17, 15) is 4.79 Å². The number of benzene rings is 2. The fourth-order valence-electron chi connectivity index (χ4n) is 1.75. The lowest BCUT2D eigenvalue weighted by Gasteiger charge is -2.05. The Kier molecular flexibility index (Phi) is 4.20. The minimum Gasteiger partial charge on any atom is -0.398 e. The van der Waals surface area contributed by atoms with E-state index in [0.29, 0.717) is 11.4 Å². The predicted octanol–water partition coefficient (Wildman–Crippen LogP) is 3.54. The molecule has 2 rings (SSSR count). The number of anilines is 2. The molecule has 0 atom stereocenters. The van der Waals surface area contributed by atoms with Crippen molar-refractivity contribution in [3.8, 4) is 0 Å². The van der Waals surface area contributed by atoms with E-state index in [1.807, 2.05) is 50.2 Å². The van der Waals surface area contributed by atoms with Crippen LogP contribution >= 0.6 is 0 Å². The van der Waals surface area contributed by atoms with Gasteiger partial charge in [-0.2, -0.15) is 0 Å². The molecule has 0 heterocycles. The number of aryl methyl sites for hydroxylation is 2. The Bertz CT molecular complexity index is 643. The molecule has 2 aromatic carbocycles. The van der Waals surface area contributed by atoms with Gasteiger partial charge in [-0.3, -0.25) is 4.79 Å². The van der Waals surface area contributed by atoms with Crippen LogP contribution < -0.4 is 11.1 Å². The van der Waals surface area contributed by atoms with Crippen molar-refractivity contribution >= 4 is 23.4 Å². The van der Waals surface area contributed by atoms with Crippen molar-refractivity contribution in [2.75, 3.05) is 11.1 Å². The van der Waals surface area contributed by atoms with Gasteiger partial charge in [0.05, 0.1) is 0 Å². The first-order valence-corrected chi connectivity index (χ1v) is 6.46. The molecule has 0 spiro atoms. The van der Waals surface area contributed by atoms with Crippen molar-refractivity contribution in [1.82, 2.24) is 0 Å². The van der Waals surface area contributed by atoms with Gasteiger partial charge in [0.25, 0.3) is 0 Å². The molecule has 0 saturated carbocycles. The van der Waals surface area contributed by atoms with Crippen molar-refractivity contribution < 1.29 is 4.79 Å². The van der Waals surface area contributed by atoms with Crippen LogP contribution in [0.25, 0.3) is 6.08 Å². The lowest BCUT2D eigenvalue weighted by molar-refractivity contribution is -0.111. The molecular formula is C17H18N2O. The molecule has 2 aromatic rings. The molecular weight excluding hydrogens is 248 g/mol. The summed E-state index contributed by atoms with van der Waals surface area (Å²) >= 11 is 0. The number of rotatable bonds is 3. The molecule has 3 heteroatoms. The molecule has 0 aliphatic rings. The van der Waals surface area contributed by atoms with Gasteiger partial charge in [-0.05, 0) is 43.2 Å². The van der Waals surface area contributed by atoms with Crippen molar-refractivity contribution in [2.45, 2.75) is 13.8 Å². The molecule has 0 bridgehead atoms. The zero-order chi connectivity index (χ0) is 14.5. The van der Waals surface area contributed by atoms with E-state index in [4.69, 9.17) is 5.73 Å². The van der Waals surface area contributed by atoms with E-state index in [1.165, 1.54) is 11.6 Å². The summed E-state index contributed by atoms with van der Waals surface area (Å²) in [6.45, 7) is 3.96. The Balaban J connectivity index is 2.01. The second kappa shape index (κ2) is 6.06. The second-order valence-electron chi connectivity index (χ2n) is 4.80. The van der Waals surface area contributed by atoms with Crippen LogP contribution in [0.15, 0.2) is 48.5 Å². The van der Waals surface area contributed by atoms with Gasteiger partial charge in [0.2, 0.25) is 5.91 Å². The maximum Gasteiger partial charge on any atom is 0.248 e. The van der Waals surface area contributed by atoms with Crippen molar-refractivity contribution in [3.05, 3.63) is 65.2 Å². The highest BCUT2D eigenvalue weighted by Gasteiger charge is 2.00. The Labute approximate surface area is 119 Å². The molecule has 20 heavy (non-hydrogen) atoms. The Morgan fingerprint density at radius 3 is 2.45 bits per heavy atom. The summed E-state index contributed by atoms with van der Waals surface area (Å²) in [7, 11) is 0. The number of amides is 1. The maximum absolute atomic E-state index is 11.8. The van der Waals surface area contributed by atoms with Gasteiger partial charge in [0.15, 0.2) is 0 Å². The molecule has 1 amide bonds. The normalized spacial score (nSPS) is 10.7. The number of nitrogens with one attached hydrogen (secondary N) is 1. The standard InChI is InChI=1S/C17H18N2O/c1-12-3-6-14(7-4-12)8-10-17(20)19-15-9-5-13(2)16(18)11-15/h3-11H,18H2,1-2H3,(H,19,20)/b10-8+. The number of nitrogens with two attached hydrogens (primary N) is 1. The van der Waals surface area contributed by atoms with Gasteiger partial charge in [0.1, 0.15) is 0 Å². The molecule has 0 unspecified atom stereocenters. The van der Waals surface area contributed by atoms with Crippen LogP contribution in [-0.4, -0.2) is 5.91 Å². The summed E-state index contributed by atoms with van der Waals surface area (Å²) in [6.07, 6.45) is 3.30. The molecule has 3 N–H and O–H groups in total. The van der Waals surface area contributed by atoms with Gasteiger partial charge in [0, 0.05) is 17.5 Å². The van der Waals surface area contributed by atoms with Crippen molar-refractivity contribution in [1.29, 1.82) is 0 Å². The average molecular weight is 266 g/mol. The van der Waals surface area contributed by atoms with Crippen molar-refractivity contribution in [3.63, 3.8) is 0 Å². The Morgan fingerprint density at radius 1 is 1.10 bits per heavy atom. The van der Waals surface area contributed by atoms with Gasteiger partial charge in [-0.25, -0.2) is 0 Å². The highest BCUT2D eigenvalue weighted by Crippen LogP contribution is 2.16. The first kappa shape index (κ1) is 13.9. The third-order valence-corrected chi connectivity index (χ3v) is 3.05. The Morgan fingerprint density at radius 2 is 1.80 bits per heavy atom. The van der Waals surface area contributed by atoms with E-state index in [1.54, 1.807) is 12.1 Å². The van der Waals surface area contributed by atoms with Crippen molar-refractivity contribution in [2.24, 2.45) is 0 Å². The lowest BCUT2D eigenvalue weighted by Crippen LogP contribution is -2.08. The van der Waals surface area contributed by atoms with E-state index in [0.717, 1.165) is 11.1 Å². The van der Waals surface area contributed by atoms with Gasteiger partial charge < -0.3 is 11.1 Å². The maximum atomic E-state index is 11.8. The van der Waals surface area contributed by atoms with E-state index >= 15 is 0 Å². The zero-order valence-corrected chi connectivity index (χ0v) is 11.7. The molecule has 0 radical (unpaired) electrons. The second-order valence-corrected chi connectivity index (χ2v) is 4.80. The number of hydrogen-bond donors (Lipinski definition) is 2. The van der Waals surface area contributed by atoms with Gasteiger partial charge in [-0.15, -0.1) is 0 Å². The molecule has 3 nitrogen and oxygen atoms in total. The van der Waals surface area contributed by atoms with Crippen LogP contribution in [0.4, 0.5) is 11.4 Å². The molecule has 0 aliphatic heterocycles. The smallest absolute Gasteiger partial charge is 0.248 e. The van der Waals surface area contributed by atoms with Crippen LogP contribution in [0.2, 0.25) is 0 Å². The first-order valence-electron chi connectivity index (χ1n) is 6.46. The monoisotopic (exact) mass is 266 g/mol. The van der Waals surface area contributed by atoms with Gasteiger partial charge >= 0.3 is 0 Å². The minimum atomic E-state index is -0.172. The van der Waals surface area contributed by atoms with Gasteiger partial charge in [-0.1, -0.05) is 35.9 Å². The topological polar surface area (TPSA) is 55.1 Å². The summed E-state index contributed by atoms with van der Waals surface area (Å²) in [5, 5.41) is 2.79. The fraction of sp³-hybridized carbons (Fsp3) is 0.118. The predicted molar refractivity (Wildman–Crippen MR) is 84.4 cm³/mol. The summed E-state index contributed by atoms with van der Waals surface area (Å²) in [5.74, 6) is -0.172. The molecule has 0 aromatic heterocycles. The number of hydrogen-bond acceptors (Lipinski definition) is 2. The van der Waals surface area contributed by atoms with Crippen LogP contribution in [0.3, 0.4) is 0 Å². The number of carbonyl (C=O) groups excluding carboxylic acids is 1. The Hall–Kier alpha value is -2.55. The molecule has 0 aliphatic carbocycles. The van der Waals surface area contributed by atoms with Crippen LogP contribution in [0.1, 0.15) is 16.7 Å². The SMILES string of the molecule is Cc1ccc(/C=C/C(=O)Nc2ccc(C)c(N)c2)cc1. The molecule has 0 fully saturated rings. The molecule has 0 saturated heterocycles. The van der Waals surface area contributed by atoms with Crippen LogP contribution in [-0.2, 0) is 4.79 Å². The van der Waals surface area contributed by atoms with Crippen LogP contribution in [0, 0.1) is 13.8 Å². The lowest BCUT2D eigenvalue weighted by atomic mass is 10.1. The summed E-state index contributed by atoms with van der Waals surface area (Å²) in [6, 6.07) is 13.5. The highest BCUT2D eigenvalue weighted by atomic mass is 16.1. The number of carbonyl (C=O) groups is 1. The minimum absolute atomic E-state index is 0.172. The third-order valence-electron chi connectivity index (χ3n) is 3.05. The van der Waals surface area contributed by atoms with E-state index in [-0.39, 0.29) is 5.91 Å². The summed E-state index contributed by atoms with van der Waals surface area (Å²) in [4.78, 5) is 11.8. The summed E-state index contributed by atoms with van der Waals surface area (Å²) in [5.41, 5.74) is 10.4. The quantitative estimate of drug-likeness (QED) is 0.659. The highest BCUT2D eigenvalue weighted by molar-refractivity contribution is 6.02. The fourth-order valence-corrected chi connectivity index (χ4v) is 1.75. The number of nitrogen functional groups attached to an aromatic ring is 1. The molecule has 102 valence electrons. The largest absolute Gasteiger partial charge is 0.398 e. The summed E-state index contributed by atoms with van der Waals surface area (Å²) < 4.78 is 0. The first-order chi connectivity index (χ1) is 9.54. The zero-order valence-electron chi connectivity index (χ0n) is 11.7. The average Bonchev–Trinajstić information content (AvgIpc) is 2.42.